The van der Waals surface area contributed by atoms with Crippen molar-refractivity contribution in [3.8, 4) is 0 Å². The van der Waals surface area contributed by atoms with Gasteiger partial charge >= 0.3 is 0 Å². The van der Waals surface area contributed by atoms with Crippen LogP contribution in [0.15, 0.2) is 106 Å². The minimum atomic E-state index is -0.0146. The van der Waals surface area contributed by atoms with Crippen LogP contribution in [-0.2, 0) is 10.9 Å². The van der Waals surface area contributed by atoms with Crippen LogP contribution in [0.25, 0.3) is 0 Å². The van der Waals surface area contributed by atoms with Crippen molar-refractivity contribution in [1.29, 1.82) is 0 Å². The van der Waals surface area contributed by atoms with Gasteiger partial charge in [-0.05, 0) is 62.3 Å². The van der Waals surface area contributed by atoms with Crippen LogP contribution in [0, 0.1) is 0 Å². The average Bonchev–Trinajstić information content (AvgIpc) is 3.25. The largest absolute Gasteiger partial charge is 0.317 e. The normalized spacial score (nSPS) is 13.4. The lowest BCUT2D eigenvalue weighted by Gasteiger charge is -2.07. The molecule has 122 valence electrons. The molecule has 1 aliphatic rings. The molecule has 3 aromatic carbocycles. The minimum Gasteiger partial charge on any atom is -0.317 e. The highest BCUT2D eigenvalue weighted by atomic mass is 32.2. The monoisotopic (exact) mass is 334 g/mol. The molecular weight excluding hydrogens is 310 g/mol. The van der Waals surface area contributed by atoms with Crippen LogP contribution >= 0.6 is 0 Å². The summed E-state index contributed by atoms with van der Waals surface area (Å²) in [5, 5.41) is 3.22. The highest BCUT2D eigenvalue weighted by Gasteiger charge is 2.27. The molecule has 0 spiro atoms. The molecule has 1 saturated heterocycles. The second-order valence-electron chi connectivity index (χ2n) is 5.70. The van der Waals surface area contributed by atoms with Gasteiger partial charge < -0.3 is 5.32 Å². The van der Waals surface area contributed by atoms with E-state index in [0.717, 1.165) is 0 Å². The Morgan fingerprint density at radius 3 is 1.08 bits per heavy atom. The van der Waals surface area contributed by atoms with Crippen molar-refractivity contribution >= 4 is 10.9 Å². The van der Waals surface area contributed by atoms with Gasteiger partial charge in [0, 0.05) is 0 Å². The Kier molecular flexibility index (Phi) is 6.52. The predicted molar refractivity (Wildman–Crippen MR) is 104 cm³/mol. The van der Waals surface area contributed by atoms with E-state index in [1.54, 1.807) is 0 Å². The van der Waals surface area contributed by atoms with Crippen LogP contribution in [0.5, 0.6) is 0 Å². The highest BCUT2D eigenvalue weighted by Crippen LogP contribution is 2.30. The average molecular weight is 335 g/mol. The summed E-state index contributed by atoms with van der Waals surface area (Å²) >= 11 is 0. The maximum Gasteiger partial charge on any atom is 0.166 e. The van der Waals surface area contributed by atoms with Crippen LogP contribution in [0.3, 0.4) is 0 Å². The molecule has 0 saturated carbocycles. The summed E-state index contributed by atoms with van der Waals surface area (Å²) < 4.78 is 0. The zero-order valence-electron chi connectivity index (χ0n) is 13.9. The Balaban J connectivity index is 0.000000290. The third-order valence-corrected chi connectivity index (χ3v) is 6.12. The summed E-state index contributed by atoms with van der Waals surface area (Å²) in [7, 11) is -0.0146. The smallest absolute Gasteiger partial charge is 0.166 e. The second kappa shape index (κ2) is 9.31. The van der Waals surface area contributed by atoms with Crippen molar-refractivity contribution < 1.29 is 0 Å². The SMILES string of the molecule is C1CCNC1.c1ccc([S+](c2ccccc2)c2ccccc2)cc1. The van der Waals surface area contributed by atoms with E-state index in [1.807, 2.05) is 0 Å². The van der Waals surface area contributed by atoms with Crippen molar-refractivity contribution in [3.05, 3.63) is 91.0 Å². The molecule has 0 amide bonds. The van der Waals surface area contributed by atoms with E-state index >= 15 is 0 Å². The molecule has 1 fully saturated rings. The Bertz CT molecular complexity index is 592. The first kappa shape index (κ1) is 16.8. The van der Waals surface area contributed by atoms with E-state index in [0.29, 0.717) is 0 Å². The summed E-state index contributed by atoms with van der Waals surface area (Å²) in [6.07, 6.45) is 2.78. The summed E-state index contributed by atoms with van der Waals surface area (Å²) in [5.41, 5.74) is 0. The molecule has 4 rings (SSSR count). The van der Waals surface area contributed by atoms with Gasteiger partial charge in [-0.25, -0.2) is 0 Å². The van der Waals surface area contributed by atoms with Crippen LogP contribution in [-0.4, -0.2) is 13.1 Å². The van der Waals surface area contributed by atoms with Crippen molar-refractivity contribution in [1.82, 2.24) is 5.32 Å². The molecule has 0 aromatic heterocycles. The van der Waals surface area contributed by atoms with E-state index < -0.39 is 0 Å². The molecule has 0 radical (unpaired) electrons. The molecular formula is C22H24NS+. The van der Waals surface area contributed by atoms with Crippen molar-refractivity contribution in [3.63, 3.8) is 0 Å². The first-order chi connectivity index (χ1) is 11.9. The van der Waals surface area contributed by atoms with Crippen LogP contribution in [0.4, 0.5) is 0 Å². The maximum absolute atomic E-state index is 3.22. The van der Waals surface area contributed by atoms with Crippen LogP contribution < -0.4 is 5.32 Å². The summed E-state index contributed by atoms with van der Waals surface area (Å²) in [6.45, 7) is 2.50. The molecule has 0 atom stereocenters. The number of hydrogen-bond donors (Lipinski definition) is 1. The Morgan fingerprint density at radius 1 is 0.500 bits per heavy atom. The van der Waals surface area contributed by atoms with E-state index in [4.69, 9.17) is 0 Å². The molecule has 0 unspecified atom stereocenters. The first-order valence-electron chi connectivity index (χ1n) is 8.55. The molecule has 24 heavy (non-hydrogen) atoms. The molecule has 0 bridgehead atoms. The van der Waals surface area contributed by atoms with Gasteiger partial charge in [0.05, 0.1) is 10.9 Å². The van der Waals surface area contributed by atoms with Gasteiger partial charge in [-0.1, -0.05) is 54.6 Å². The van der Waals surface area contributed by atoms with Gasteiger partial charge in [-0.2, -0.15) is 0 Å². The summed E-state index contributed by atoms with van der Waals surface area (Å²) in [4.78, 5) is 4.08. The molecule has 2 heteroatoms. The lowest BCUT2D eigenvalue weighted by Crippen LogP contribution is -2.04. The van der Waals surface area contributed by atoms with Gasteiger partial charge in [0.2, 0.25) is 0 Å². The lowest BCUT2D eigenvalue weighted by atomic mass is 10.4. The van der Waals surface area contributed by atoms with Gasteiger partial charge in [0.1, 0.15) is 0 Å². The minimum absolute atomic E-state index is 0.0146. The maximum atomic E-state index is 3.22. The van der Waals surface area contributed by atoms with Crippen LogP contribution in [0.2, 0.25) is 0 Å². The number of rotatable bonds is 3. The van der Waals surface area contributed by atoms with Crippen molar-refractivity contribution in [2.24, 2.45) is 0 Å². The van der Waals surface area contributed by atoms with E-state index in [2.05, 4.69) is 96.3 Å². The molecule has 1 nitrogen and oxygen atoms in total. The molecule has 1 N–H and O–H groups in total. The van der Waals surface area contributed by atoms with Gasteiger partial charge in [0.25, 0.3) is 0 Å². The van der Waals surface area contributed by atoms with Gasteiger partial charge in [0.15, 0.2) is 14.7 Å². The third-order valence-electron chi connectivity index (χ3n) is 3.89. The van der Waals surface area contributed by atoms with Gasteiger partial charge in [-0.15, -0.1) is 0 Å². The zero-order chi connectivity index (χ0) is 16.5. The molecule has 1 aliphatic heterocycles. The summed E-state index contributed by atoms with van der Waals surface area (Å²) in [5.74, 6) is 0. The standard InChI is InChI=1S/C18H15S.C4H9N/c1-4-10-16(11-5-1)19(17-12-6-2-7-13-17)18-14-8-3-9-15-18;1-2-4-5-3-1/h1-15H;5H,1-4H2/q+1;. The van der Waals surface area contributed by atoms with Crippen molar-refractivity contribution in [2.75, 3.05) is 13.1 Å². The van der Waals surface area contributed by atoms with Crippen molar-refractivity contribution in [2.45, 2.75) is 27.5 Å². The number of hydrogen-bond acceptors (Lipinski definition) is 1. The fraction of sp³-hybridized carbons (Fsp3) is 0.182. The second-order valence-corrected chi connectivity index (χ2v) is 7.73. The number of benzene rings is 3. The van der Waals surface area contributed by atoms with E-state index in [-0.39, 0.29) is 10.9 Å². The fourth-order valence-electron chi connectivity index (χ4n) is 2.70. The Hall–Kier alpha value is -2.03. The van der Waals surface area contributed by atoms with E-state index in [1.165, 1.54) is 40.6 Å². The Labute approximate surface area is 148 Å². The summed E-state index contributed by atoms with van der Waals surface area (Å²) in [6, 6.07) is 32.2. The predicted octanol–water partition coefficient (Wildman–Crippen LogP) is 5.15. The third kappa shape index (κ3) is 4.73. The Morgan fingerprint density at radius 2 is 0.833 bits per heavy atom. The molecule has 1 heterocycles. The first-order valence-corrected chi connectivity index (χ1v) is 9.78. The zero-order valence-corrected chi connectivity index (χ0v) is 14.7. The fourth-order valence-corrected chi connectivity index (χ4v) is 4.81. The van der Waals surface area contributed by atoms with Gasteiger partial charge in [-0.3, -0.25) is 0 Å². The van der Waals surface area contributed by atoms with Crippen LogP contribution in [0.1, 0.15) is 12.8 Å². The number of nitrogens with one attached hydrogen (secondary N) is 1. The quantitative estimate of drug-likeness (QED) is 0.653. The topological polar surface area (TPSA) is 12.0 Å². The highest BCUT2D eigenvalue weighted by molar-refractivity contribution is 7.97. The lowest BCUT2D eigenvalue weighted by molar-refractivity contribution is 0.857. The molecule has 0 aliphatic carbocycles. The molecule has 3 aromatic rings. The van der Waals surface area contributed by atoms with E-state index in [9.17, 15) is 0 Å².